The normalized spacial score (nSPS) is 20.5. The van der Waals surface area contributed by atoms with E-state index >= 15 is 0 Å². The van der Waals surface area contributed by atoms with Crippen molar-refractivity contribution in [3.63, 3.8) is 0 Å². The van der Waals surface area contributed by atoms with Crippen molar-refractivity contribution >= 4 is 23.0 Å². The zero-order valence-electron chi connectivity index (χ0n) is 11.5. The highest BCUT2D eigenvalue weighted by Gasteiger charge is 2.43. The van der Waals surface area contributed by atoms with E-state index in [4.69, 9.17) is 14.4 Å². The van der Waals surface area contributed by atoms with E-state index in [1.165, 1.54) is 6.07 Å². The highest BCUT2D eigenvalue weighted by molar-refractivity contribution is 6.09. The van der Waals surface area contributed by atoms with Crippen molar-refractivity contribution in [3.8, 4) is 5.75 Å². The molecule has 2 heterocycles. The first-order valence-corrected chi connectivity index (χ1v) is 6.41. The molecular weight excluding hydrogens is 274 g/mol. The Hall–Kier alpha value is -2.63. The van der Waals surface area contributed by atoms with Crippen molar-refractivity contribution in [2.45, 2.75) is 25.4 Å². The standard InChI is InChI=1S/C15H13NO5/c1-15(2)14(18)9(7-16-19)12-10(21-15)5-3-8-4-6-11(17)20-13(8)12/h3-7,9,19H,1-2H3. The first-order valence-electron chi connectivity index (χ1n) is 6.41. The van der Waals surface area contributed by atoms with Crippen molar-refractivity contribution in [3.05, 3.63) is 40.2 Å². The van der Waals surface area contributed by atoms with Gasteiger partial charge in [-0.15, -0.1) is 5.16 Å². The largest absolute Gasteiger partial charge is 0.480 e. The topological polar surface area (TPSA) is 89.1 Å². The monoisotopic (exact) mass is 287 g/mol. The Morgan fingerprint density at radius 2 is 1.95 bits per heavy atom. The molecule has 0 saturated heterocycles. The van der Waals surface area contributed by atoms with E-state index in [1.54, 1.807) is 32.0 Å². The minimum absolute atomic E-state index is 0.271. The summed E-state index contributed by atoms with van der Waals surface area (Å²) >= 11 is 0. The number of carbonyl (C=O) groups is 1. The SMILES string of the molecule is CC1(C)Oc2ccc3ccc(=O)oc3c2C(C=NO)C1=O. The highest BCUT2D eigenvalue weighted by atomic mass is 16.5. The lowest BCUT2D eigenvalue weighted by Crippen LogP contribution is -2.45. The first-order chi connectivity index (χ1) is 9.94. The molecule has 0 aliphatic carbocycles. The predicted molar refractivity (Wildman–Crippen MR) is 75.2 cm³/mol. The van der Waals surface area contributed by atoms with E-state index in [2.05, 4.69) is 5.16 Å². The van der Waals surface area contributed by atoms with Crippen LogP contribution < -0.4 is 10.4 Å². The second-order valence-electron chi connectivity index (χ2n) is 5.37. The number of rotatable bonds is 1. The molecule has 6 nitrogen and oxygen atoms in total. The number of fused-ring (bicyclic) bond motifs is 3. The highest BCUT2D eigenvalue weighted by Crippen LogP contribution is 2.41. The van der Waals surface area contributed by atoms with Crippen LogP contribution in [0.4, 0.5) is 0 Å². The predicted octanol–water partition coefficient (Wildman–Crippen LogP) is 2.08. The van der Waals surface area contributed by atoms with Gasteiger partial charge in [0.25, 0.3) is 0 Å². The van der Waals surface area contributed by atoms with Gasteiger partial charge in [-0.25, -0.2) is 4.79 Å². The fraction of sp³-hybridized carbons (Fsp3) is 0.267. The Morgan fingerprint density at radius 1 is 1.24 bits per heavy atom. The van der Waals surface area contributed by atoms with Crippen LogP contribution in [-0.4, -0.2) is 22.8 Å². The Morgan fingerprint density at radius 3 is 2.67 bits per heavy atom. The second kappa shape index (κ2) is 4.44. The molecule has 1 aliphatic rings. The third-order valence-corrected chi connectivity index (χ3v) is 3.56. The molecule has 0 amide bonds. The molecule has 0 spiro atoms. The first kappa shape index (κ1) is 13.4. The van der Waals surface area contributed by atoms with Gasteiger partial charge in [-0.05, 0) is 32.0 Å². The lowest BCUT2D eigenvalue weighted by molar-refractivity contribution is -0.133. The Balaban J connectivity index is 2.38. The molecule has 0 fully saturated rings. The van der Waals surface area contributed by atoms with Crippen molar-refractivity contribution in [1.29, 1.82) is 0 Å². The number of ether oxygens (including phenoxy) is 1. The van der Waals surface area contributed by atoms with Gasteiger partial charge in [0.2, 0.25) is 0 Å². The molecule has 0 bridgehead atoms. The molecule has 0 saturated carbocycles. The summed E-state index contributed by atoms with van der Waals surface area (Å²) in [5.74, 6) is -0.666. The molecule has 108 valence electrons. The van der Waals surface area contributed by atoms with Gasteiger partial charge < -0.3 is 14.4 Å². The van der Waals surface area contributed by atoms with Gasteiger partial charge in [-0.1, -0.05) is 0 Å². The third kappa shape index (κ3) is 1.99. The molecule has 3 rings (SSSR count). The number of Topliss-reactive ketones (excluding diaryl/α,β-unsaturated/α-hetero) is 1. The zero-order chi connectivity index (χ0) is 15.2. The lowest BCUT2D eigenvalue weighted by Gasteiger charge is -2.34. The summed E-state index contributed by atoms with van der Waals surface area (Å²) < 4.78 is 10.9. The molecular formula is C15H13NO5. The van der Waals surface area contributed by atoms with Crippen LogP contribution >= 0.6 is 0 Å². The molecule has 0 radical (unpaired) electrons. The van der Waals surface area contributed by atoms with Gasteiger partial charge in [-0.3, -0.25) is 4.79 Å². The molecule has 1 aromatic carbocycles. The number of oxime groups is 1. The summed E-state index contributed by atoms with van der Waals surface area (Å²) in [4.78, 5) is 23.9. The van der Waals surface area contributed by atoms with Gasteiger partial charge in [-0.2, -0.15) is 0 Å². The molecule has 21 heavy (non-hydrogen) atoms. The minimum Gasteiger partial charge on any atom is -0.480 e. The molecule has 1 N–H and O–H groups in total. The van der Waals surface area contributed by atoms with Crippen LogP contribution in [0.1, 0.15) is 25.3 Å². The van der Waals surface area contributed by atoms with E-state index in [-0.39, 0.29) is 11.4 Å². The van der Waals surface area contributed by atoms with Crippen LogP contribution in [0.5, 0.6) is 5.75 Å². The summed E-state index contributed by atoms with van der Waals surface area (Å²) in [6, 6.07) is 6.37. The van der Waals surface area contributed by atoms with E-state index in [1.807, 2.05) is 0 Å². The Bertz CT molecular complexity index is 818. The second-order valence-corrected chi connectivity index (χ2v) is 5.37. The molecule has 1 aliphatic heterocycles. The van der Waals surface area contributed by atoms with Crippen molar-refractivity contribution < 1.29 is 19.2 Å². The maximum absolute atomic E-state index is 12.5. The van der Waals surface area contributed by atoms with Gasteiger partial charge in [0.15, 0.2) is 11.4 Å². The van der Waals surface area contributed by atoms with E-state index < -0.39 is 17.1 Å². The van der Waals surface area contributed by atoms with Gasteiger partial charge in [0.05, 0.1) is 17.7 Å². The number of benzene rings is 1. The molecule has 6 heteroatoms. The van der Waals surface area contributed by atoms with Crippen LogP contribution in [0.25, 0.3) is 11.0 Å². The van der Waals surface area contributed by atoms with Crippen LogP contribution in [0.3, 0.4) is 0 Å². The van der Waals surface area contributed by atoms with Crippen molar-refractivity contribution in [2.24, 2.45) is 5.16 Å². The van der Waals surface area contributed by atoms with E-state index in [9.17, 15) is 9.59 Å². The van der Waals surface area contributed by atoms with Crippen LogP contribution in [-0.2, 0) is 4.79 Å². The number of hydrogen-bond donors (Lipinski definition) is 1. The number of nitrogens with zero attached hydrogens (tertiary/aromatic N) is 1. The van der Waals surface area contributed by atoms with E-state index in [0.717, 1.165) is 6.21 Å². The van der Waals surface area contributed by atoms with E-state index in [0.29, 0.717) is 16.7 Å². The van der Waals surface area contributed by atoms with Gasteiger partial charge >= 0.3 is 5.63 Å². The van der Waals surface area contributed by atoms with Crippen LogP contribution in [0, 0.1) is 0 Å². The van der Waals surface area contributed by atoms with Crippen LogP contribution in [0.2, 0.25) is 0 Å². The fourth-order valence-corrected chi connectivity index (χ4v) is 2.56. The summed E-state index contributed by atoms with van der Waals surface area (Å²) in [5.41, 5.74) is -0.893. The summed E-state index contributed by atoms with van der Waals surface area (Å²) in [5, 5.41) is 12.5. The average molecular weight is 287 g/mol. The summed E-state index contributed by atoms with van der Waals surface area (Å²) in [6.45, 7) is 3.28. The minimum atomic E-state index is -1.05. The summed E-state index contributed by atoms with van der Waals surface area (Å²) in [6.07, 6.45) is 1.12. The van der Waals surface area contributed by atoms with Gasteiger partial charge in [0.1, 0.15) is 11.3 Å². The smallest absolute Gasteiger partial charge is 0.336 e. The molecule has 2 aromatic rings. The third-order valence-electron chi connectivity index (χ3n) is 3.56. The zero-order valence-corrected chi connectivity index (χ0v) is 11.5. The van der Waals surface area contributed by atoms with Gasteiger partial charge in [0, 0.05) is 11.5 Å². The Kier molecular flexibility index (Phi) is 2.83. The molecule has 1 aromatic heterocycles. The summed E-state index contributed by atoms with van der Waals surface area (Å²) in [7, 11) is 0. The van der Waals surface area contributed by atoms with Crippen molar-refractivity contribution in [1.82, 2.24) is 0 Å². The number of hydrogen-bond acceptors (Lipinski definition) is 6. The lowest BCUT2D eigenvalue weighted by atomic mass is 9.83. The maximum Gasteiger partial charge on any atom is 0.336 e. The van der Waals surface area contributed by atoms with Crippen LogP contribution in [0.15, 0.2) is 38.6 Å². The Labute approximate surface area is 119 Å². The number of carbonyl (C=O) groups excluding carboxylic acids is 1. The average Bonchev–Trinajstić information content (AvgIpc) is 2.43. The van der Waals surface area contributed by atoms with Crippen molar-refractivity contribution in [2.75, 3.05) is 0 Å². The number of ketones is 1. The fourth-order valence-electron chi connectivity index (χ4n) is 2.56. The quantitative estimate of drug-likeness (QED) is 0.375. The molecule has 1 atom stereocenters. The maximum atomic E-state index is 12.5. The molecule has 1 unspecified atom stereocenters.